The van der Waals surface area contributed by atoms with Crippen LogP contribution < -0.4 is 16.1 Å². The average molecular weight is 637 g/mol. The first-order chi connectivity index (χ1) is 22.2. The highest BCUT2D eigenvalue weighted by Gasteiger charge is 2.34. The summed E-state index contributed by atoms with van der Waals surface area (Å²) in [5.74, 6) is -2.02. The van der Waals surface area contributed by atoms with Crippen LogP contribution in [0.3, 0.4) is 0 Å². The summed E-state index contributed by atoms with van der Waals surface area (Å²) in [7, 11) is 0. The fourth-order valence-electron chi connectivity index (χ4n) is 5.19. The van der Waals surface area contributed by atoms with Crippen LogP contribution in [-0.4, -0.2) is 57.2 Å². The highest BCUT2D eigenvalue weighted by molar-refractivity contribution is 5.99. The van der Waals surface area contributed by atoms with Gasteiger partial charge in [0.15, 0.2) is 0 Å². The number of carbonyl (C=O) groups excluding carboxylic acids is 4. The van der Waals surface area contributed by atoms with E-state index in [2.05, 4.69) is 33.0 Å². The van der Waals surface area contributed by atoms with Crippen LogP contribution >= 0.6 is 0 Å². The number of nitrogens with one attached hydrogen (secondary N) is 3. The maximum absolute atomic E-state index is 14.1. The van der Waals surface area contributed by atoms with E-state index in [4.69, 9.17) is 0 Å². The van der Waals surface area contributed by atoms with E-state index < -0.39 is 23.9 Å². The Balaban J connectivity index is 2.19. The normalized spacial score (nSPS) is 13.6. The van der Waals surface area contributed by atoms with Gasteiger partial charge in [-0.1, -0.05) is 105 Å². The average Bonchev–Trinajstić information content (AvgIpc) is 3.09. The minimum Gasteiger partial charge on any atom is -0.340 e. The van der Waals surface area contributed by atoms with Crippen LogP contribution in [0.4, 0.5) is 0 Å². The van der Waals surface area contributed by atoms with Gasteiger partial charge in [0.1, 0.15) is 12.1 Å². The topological polar surface area (TPSA) is 133 Å². The molecule has 0 saturated heterocycles. The molecule has 0 fully saturated rings. The summed E-state index contributed by atoms with van der Waals surface area (Å²) >= 11 is 0. The molecule has 2 heterocycles. The number of nitrogens with zero attached hydrogens (tertiary/aromatic N) is 3. The first kappa shape index (κ1) is 38.4. The van der Waals surface area contributed by atoms with Crippen molar-refractivity contribution in [3.63, 3.8) is 0 Å². The maximum atomic E-state index is 14.1. The minimum atomic E-state index is -0.873. The second-order valence-corrected chi connectivity index (χ2v) is 12.3. The third-order valence-corrected chi connectivity index (χ3v) is 8.68. The molecule has 0 bridgehead atoms. The van der Waals surface area contributed by atoms with Gasteiger partial charge in [-0.15, -0.1) is 0 Å². The van der Waals surface area contributed by atoms with Gasteiger partial charge in [-0.25, -0.2) is 0 Å². The van der Waals surface area contributed by atoms with Crippen molar-refractivity contribution in [2.24, 2.45) is 11.8 Å². The van der Waals surface area contributed by atoms with Crippen molar-refractivity contribution < 1.29 is 19.2 Å². The number of rotatable bonds is 21. The molecular formula is C36H56N6O4. The Kier molecular flexibility index (Phi) is 18.2. The number of hydrogen-bond acceptors (Lipinski definition) is 6. The largest absolute Gasteiger partial charge is 0.340 e. The molecule has 3 N–H and O–H groups in total. The summed E-state index contributed by atoms with van der Waals surface area (Å²) in [6.45, 7) is 10.2. The van der Waals surface area contributed by atoms with E-state index in [1.807, 2.05) is 27.7 Å². The van der Waals surface area contributed by atoms with Gasteiger partial charge < -0.3 is 10.6 Å². The summed E-state index contributed by atoms with van der Waals surface area (Å²) in [6, 6.07) is 4.64. The Bertz CT molecular complexity index is 1180. The van der Waals surface area contributed by atoms with Gasteiger partial charge in [-0.2, -0.15) is 0 Å². The Hall–Kier alpha value is -3.82. The molecule has 2 aromatic rings. The van der Waals surface area contributed by atoms with Crippen LogP contribution in [-0.2, 0) is 9.59 Å². The summed E-state index contributed by atoms with van der Waals surface area (Å²) < 4.78 is 0. The summed E-state index contributed by atoms with van der Waals surface area (Å²) in [6.07, 6.45) is 18.7. The molecule has 0 aliphatic carbocycles. The number of carbonyl (C=O) groups is 4. The lowest BCUT2D eigenvalue weighted by Crippen LogP contribution is -2.60. The van der Waals surface area contributed by atoms with E-state index in [0.29, 0.717) is 36.9 Å². The highest BCUT2D eigenvalue weighted by atomic mass is 16.2. The van der Waals surface area contributed by atoms with Crippen molar-refractivity contribution >= 4 is 23.6 Å². The van der Waals surface area contributed by atoms with Crippen LogP contribution in [0.25, 0.3) is 0 Å². The molecule has 2 unspecified atom stereocenters. The van der Waals surface area contributed by atoms with Crippen molar-refractivity contribution in [2.75, 3.05) is 6.54 Å². The van der Waals surface area contributed by atoms with Gasteiger partial charge in [0.2, 0.25) is 0 Å². The number of amides is 4. The molecule has 0 spiro atoms. The van der Waals surface area contributed by atoms with Crippen LogP contribution in [0, 0.1) is 11.8 Å². The number of hydrogen-bond donors (Lipinski definition) is 3. The summed E-state index contributed by atoms with van der Waals surface area (Å²) in [5.41, 5.74) is 3.64. The van der Waals surface area contributed by atoms with Gasteiger partial charge in [0, 0.05) is 42.5 Å². The third kappa shape index (κ3) is 13.3. The minimum absolute atomic E-state index is 0.192. The molecule has 0 aliphatic heterocycles. The van der Waals surface area contributed by atoms with E-state index in [9.17, 15) is 19.2 Å². The van der Waals surface area contributed by atoms with Crippen LogP contribution in [0.15, 0.2) is 49.1 Å². The SMILES string of the molecule is CCCCCCCCCCCCN(NC(=O)[C@@H](NC(=O)c1ccncc1)C(C)CC)C(=O)[C@@H](NC(=O)c1ccncc1)C(C)CC. The van der Waals surface area contributed by atoms with Gasteiger partial charge in [0.05, 0.1) is 0 Å². The number of pyridine rings is 2. The van der Waals surface area contributed by atoms with E-state index in [1.165, 1.54) is 68.3 Å². The fraction of sp³-hybridized carbons (Fsp3) is 0.611. The lowest BCUT2D eigenvalue weighted by Gasteiger charge is -2.33. The first-order valence-electron chi connectivity index (χ1n) is 17.3. The van der Waals surface area contributed by atoms with E-state index >= 15 is 0 Å². The predicted octanol–water partition coefficient (Wildman–Crippen LogP) is 6.25. The zero-order chi connectivity index (χ0) is 33.7. The predicted molar refractivity (Wildman–Crippen MR) is 182 cm³/mol. The van der Waals surface area contributed by atoms with E-state index in [-0.39, 0.29) is 23.7 Å². The van der Waals surface area contributed by atoms with Crippen molar-refractivity contribution in [2.45, 2.75) is 124 Å². The van der Waals surface area contributed by atoms with Crippen molar-refractivity contribution in [3.05, 3.63) is 60.2 Å². The van der Waals surface area contributed by atoms with E-state index in [1.54, 1.807) is 24.3 Å². The van der Waals surface area contributed by atoms with Crippen LogP contribution in [0.5, 0.6) is 0 Å². The Morgan fingerprint density at radius 2 is 1.04 bits per heavy atom. The molecule has 4 atom stereocenters. The van der Waals surface area contributed by atoms with Gasteiger partial charge in [-0.3, -0.25) is 39.6 Å². The second-order valence-electron chi connectivity index (χ2n) is 12.3. The molecule has 4 amide bonds. The summed E-state index contributed by atoms with van der Waals surface area (Å²) in [4.78, 5) is 62.0. The van der Waals surface area contributed by atoms with Gasteiger partial charge >= 0.3 is 0 Å². The van der Waals surface area contributed by atoms with Crippen molar-refractivity contribution in [1.82, 2.24) is 31.0 Å². The van der Waals surface area contributed by atoms with Crippen LogP contribution in [0.2, 0.25) is 0 Å². The second kappa shape index (κ2) is 21.8. The number of unbranched alkanes of at least 4 members (excludes halogenated alkanes) is 9. The van der Waals surface area contributed by atoms with Gasteiger partial charge in [0.25, 0.3) is 23.6 Å². The standard InChI is InChI=1S/C36H56N6O4/c1-6-9-10-11-12-13-14-15-16-17-26-42(36(46)32(28(5)8-3)40-34(44)30-20-24-38-25-21-30)41-35(45)31(27(4)7-2)39-33(43)29-18-22-37-23-19-29/h18-25,27-28,31-32H,6-17,26H2,1-5H3,(H,39,43)(H,40,44)(H,41,45)/t27?,28?,31-,32-/m0/s1. The molecule has 254 valence electrons. The van der Waals surface area contributed by atoms with Gasteiger partial charge in [-0.05, 0) is 42.5 Å². The number of aromatic nitrogens is 2. The molecule has 10 nitrogen and oxygen atoms in total. The zero-order valence-electron chi connectivity index (χ0n) is 28.6. The molecule has 0 aromatic carbocycles. The Labute approximate surface area is 275 Å². The summed E-state index contributed by atoms with van der Waals surface area (Å²) in [5, 5.41) is 7.12. The molecule has 46 heavy (non-hydrogen) atoms. The lowest BCUT2D eigenvalue weighted by atomic mass is 9.97. The molecule has 0 aliphatic rings. The maximum Gasteiger partial charge on any atom is 0.263 e. The van der Waals surface area contributed by atoms with Crippen LogP contribution in [0.1, 0.15) is 132 Å². The molecule has 10 heteroatoms. The number of hydrazine groups is 1. The first-order valence-corrected chi connectivity index (χ1v) is 17.3. The monoisotopic (exact) mass is 636 g/mol. The molecular weight excluding hydrogens is 580 g/mol. The molecule has 0 saturated carbocycles. The third-order valence-electron chi connectivity index (χ3n) is 8.68. The zero-order valence-corrected chi connectivity index (χ0v) is 28.6. The van der Waals surface area contributed by atoms with Crippen molar-refractivity contribution in [1.29, 1.82) is 0 Å². The fourth-order valence-corrected chi connectivity index (χ4v) is 5.19. The Morgan fingerprint density at radius 1 is 0.630 bits per heavy atom. The molecule has 0 radical (unpaired) electrons. The Morgan fingerprint density at radius 3 is 1.50 bits per heavy atom. The van der Waals surface area contributed by atoms with E-state index in [0.717, 1.165) is 19.3 Å². The smallest absolute Gasteiger partial charge is 0.263 e. The molecule has 2 aromatic heterocycles. The molecule has 2 rings (SSSR count). The lowest BCUT2D eigenvalue weighted by molar-refractivity contribution is -0.145. The quantitative estimate of drug-likeness (QED) is 0.110. The highest BCUT2D eigenvalue weighted by Crippen LogP contribution is 2.16. The van der Waals surface area contributed by atoms with Crippen molar-refractivity contribution in [3.8, 4) is 0 Å².